The second-order valence-electron chi connectivity index (χ2n) is 5.62. The van der Waals surface area contributed by atoms with E-state index in [9.17, 15) is 4.79 Å². The van der Waals surface area contributed by atoms with E-state index in [2.05, 4.69) is 22.8 Å². The lowest BCUT2D eigenvalue weighted by atomic mass is 10.1. The molecule has 0 atom stereocenters. The number of hydrogen-bond acceptors (Lipinski definition) is 2. The Hall–Kier alpha value is -2.75. The summed E-state index contributed by atoms with van der Waals surface area (Å²) < 4.78 is 7.41. The summed E-state index contributed by atoms with van der Waals surface area (Å²) in [6.07, 6.45) is 0. The largest absolute Gasteiger partial charge is 0.496 e. The van der Waals surface area contributed by atoms with Gasteiger partial charge in [-0.1, -0.05) is 30.3 Å². The van der Waals surface area contributed by atoms with Crippen LogP contribution in [0.3, 0.4) is 0 Å². The Balaban J connectivity index is 1.87. The van der Waals surface area contributed by atoms with Crippen LogP contribution < -0.4 is 4.74 Å². The van der Waals surface area contributed by atoms with Gasteiger partial charge in [0.15, 0.2) is 0 Å². The predicted octanol–water partition coefficient (Wildman–Crippen LogP) is 3.46. The number of para-hydroxylation sites is 2. The normalized spacial score (nSPS) is 10.7. The molecule has 3 aromatic rings. The van der Waals surface area contributed by atoms with Crippen LogP contribution in [-0.2, 0) is 13.6 Å². The van der Waals surface area contributed by atoms with E-state index in [1.165, 1.54) is 10.9 Å². The average Bonchev–Trinajstić information content (AvgIpc) is 2.90. The van der Waals surface area contributed by atoms with Crippen molar-refractivity contribution in [2.24, 2.45) is 7.05 Å². The van der Waals surface area contributed by atoms with Gasteiger partial charge in [0.05, 0.1) is 19.2 Å². The first-order valence-corrected chi connectivity index (χ1v) is 7.53. The summed E-state index contributed by atoms with van der Waals surface area (Å²) in [6.45, 7) is 0.544. The molecule has 0 aliphatic heterocycles. The molecule has 0 bridgehead atoms. The van der Waals surface area contributed by atoms with Crippen molar-refractivity contribution in [2.75, 3.05) is 14.2 Å². The molecule has 3 rings (SSSR count). The van der Waals surface area contributed by atoms with Crippen molar-refractivity contribution in [1.82, 2.24) is 9.47 Å². The van der Waals surface area contributed by atoms with Gasteiger partial charge in [0, 0.05) is 25.3 Å². The SMILES string of the molecule is COc1ccccc1C(=O)N(C)Cc1cc2ccccc2n1C. The quantitative estimate of drug-likeness (QED) is 0.740. The molecule has 2 aromatic carbocycles. The first-order chi connectivity index (χ1) is 11.1. The van der Waals surface area contributed by atoms with Crippen LogP contribution in [0.15, 0.2) is 54.6 Å². The monoisotopic (exact) mass is 308 g/mol. The molecule has 0 fully saturated rings. The third-order valence-electron chi connectivity index (χ3n) is 4.13. The summed E-state index contributed by atoms with van der Waals surface area (Å²) in [5.41, 5.74) is 2.84. The molecule has 1 heterocycles. The Bertz CT molecular complexity index is 851. The van der Waals surface area contributed by atoms with Crippen LogP contribution in [0.4, 0.5) is 0 Å². The molecule has 23 heavy (non-hydrogen) atoms. The van der Waals surface area contributed by atoms with E-state index in [0.29, 0.717) is 17.9 Å². The van der Waals surface area contributed by atoms with Gasteiger partial charge in [-0.15, -0.1) is 0 Å². The van der Waals surface area contributed by atoms with E-state index >= 15 is 0 Å². The zero-order valence-electron chi connectivity index (χ0n) is 13.6. The zero-order valence-corrected chi connectivity index (χ0v) is 13.6. The van der Waals surface area contributed by atoms with Gasteiger partial charge in [0.1, 0.15) is 5.75 Å². The van der Waals surface area contributed by atoms with E-state index in [-0.39, 0.29) is 5.91 Å². The lowest BCUT2D eigenvalue weighted by Crippen LogP contribution is -2.27. The summed E-state index contributed by atoms with van der Waals surface area (Å²) in [5, 5.41) is 1.18. The number of hydrogen-bond donors (Lipinski definition) is 0. The summed E-state index contributed by atoms with van der Waals surface area (Å²) in [6, 6.07) is 17.6. The van der Waals surface area contributed by atoms with E-state index in [1.807, 2.05) is 38.4 Å². The maximum Gasteiger partial charge on any atom is 0.257 e. The minimum Gasteiger partial charge on any atom is -0.496 e. The molecular weight excluding hydrogens is 288 g/mol. The van der Waals surface area contributed by atoms with Gasteiger partial charge in [-0.2, -0.15) is 0 Å². The molecule has 0 aliphatic carbocycles. The lowest BCUT2D eigenvalue weighted by molar-refractivity contribution is 0.0779. The van der Waals surface area contributed by atoms with Crippen LogP contribution in [-0.4, -0.2) is 29.5 Å². The number of methoxy groups -OCH3 is 1. The summed E-state index contributed by atoms with van der Waals surface area (Å²) >= 11 is 0. The minimum absolute atomic E-state index is 0.0484. The Kier molecular flexibility index (Phi) is 4.06. The number of aromatic nitrogens is 1. The fourth-order valence-corrected chi connectivity index (χ4v) is 2.84. The third-order valence-corrected chi connectivity index (χ3v) is 4.13. The molecule has 0 radical (unpaired) electrons. The highest BCUT2D eigenvalue weighted by atomic mass is 16.5. The number of carbonyl (C=O) groups is 1. The van der Waals surface area contributed by atoms with Crippen LogP contribution in [0.2, 0.25) is 0 Å². The number of benzene rings is 2. The molecule has 4 heteroatoms. The lowest BCUT2D eigenvalue weighted by Gasteiger charge is -2.19. The molecule has 0 aliphatic rings. The zero-order chi connectivity index (χ0) is 16.4. The third kappa shape index (κ3) is 2.80. The van der Waals surface area contributed by atoms with E-state index in [4.69, 9.17) is 4.74 Å². The first kappa shape index (κ1) is 15.2. The average molecular weight is 308 g/mol. The van der Waals surface area contributed by atoms with E-state index in [1.54, 1.807) is 24.1 Å². The summed E-state index contributed by atoms with van der Waals surface area (Å²) in [5.74, 6) is 0.550. The Morgan fingerprint density at radius 3 is 2.57 bits per heavy atom. The van der Waals surface area contributed by atoms with Crippen molar-refractivity contribution in [1.29, 1.82) is 0 Å². The van der Waals surface area contributed by atoms with Gasteiger partial charge < -0.3 is 14.2 Å². The van der Waals surface area contributed by atoms with Gasteiger partial charge in [-0.05, 0) is 29.7 Å². The molecule has 118 valence electrons. The molecule has 0 N–H and O–H groups in total. The molecule has 0 saturated carbocycles. The number of nitrogens with zero attached hydrogens (tertiary/aromatic N) is 2. The molecule has 1 amide bonds. The van der Waals surface area contributed by atoms with Crippen LogP contribution in [0.25, 0.3) is 10.9 Å². The fourth-order valence-electron chi connectivity index (χ4n) is 2.84. The number of amides is 1. The van der Waals surface area contributed by atoms with Gasteiger partial charge in [0.2, 0.25) is 0 Å². The molecule has 0 unspecified atom stereocenters. The van der Waals surface area contributed by atoms with Crippen molar-refractivity contribution in [3.8, 4) is 5.75 Å². The maximum absolute atomic E-state index is 12.7. The Labute approximate surface area is 135 Å². The topological polar surface area (TPSA) is 34.5 Å². The maximum atomic E-state index is 12.7. The Morgan fingerprint density at radius 1 is 1.13 bits per heavy atom. The van der Waals surface area contributed by atoms with Crippen molar-refractivity contribution in [2.45, 2.75) is 6.54 Å². The highest BCUT2D eigenvalue weighted by Crippen LogP contribution is 2.22. The number of fused-ring (bicyclic) bond motifs is 1. The smallest absolute Gasteiger partial charge is 0.257 e. The van der Waals surface area contributed by atoms with Crippen molar-refractivity contribution < 1.29 is 9.53 Å². The second kappa shape index (κ2) is 6.16. The second-order valence-corrected chi connectivity index (χ2v) is 5.62. The van der Waals surface area contributed by atoms with Gasteiger partial charge >= 0.3 is 0 Å². The first-order valence-electron chi connectivity index (χ1n) is 7.53. The van der Waals surface area contributed by atoms with E-state index < -0.39 is 0 Å². The van der Waals surface area contributed by atoms with Gasteiger partial charge in [-0.25, -0.2) is 0 Å². The number of rotatable bonds is 4. The highest BCUT2D eigenvalue weighted by Gasteiger charge is 2.17. The molecular formula is C19H20N2O2. The minimum atomic E-state index is -0.0484. The number of ether oxygens (including phenoxy) is 1. The van der Waals surface area contributed by atoms with Gasteiger partial charge in [-0.3, -0.25) is 4.79 Å². The number of carbonyl (C=O) groups excluding carboxylic acids is 1. The summed E-state index contributed by atoms with van der Waals surface area (Å²) in [4.78, 5) is 14.4. The molecule has 4 nitrogen and oxygen atoms in total. The summed E-state index contributed by atoms with van der Waals surface area (Å²) in [7, 11) is 5.42. The fraction of sp³-hybridized carbons (Fsp3) is 0.211. The van der Waals surface area contributed by atoms with Crippen molar-refractivity contribution >= 4 is 16.8 Å². The molecule has 0 spiro atoms. The molecule has 1 aromatic heterocycles. The van der Waals surface area contributed by atoms with Crippen molar-refractivity contribution in [3.63, 3.8) is 0 Å². The Morgan fingerprint density at radius 2 is 1.83 bits per heavy atom. The predicted molar refractivity (Wildman–Crippen MR) is 91.7 cm³/mol. The highest BCUT2D eigenvalue weighted by molar-refractivity contribution is 5.96. The van der Waals surface area contributed by atoms with Gasteiger partial charge in [0.25, 0.3) is 5.91 Å². The standard InChI is InChI=1S/C19H20N2O2/c1-20(19(22)16-9-5-7-11-18(16)23-3)13-15-12-14-8-4-6-10-17(14)21(15)2/h4-12H,13H2,1-3H3. The van der Waals surface area contributed by atoms with Crippen LogP contribution in [0.1, 0.15) is 16.1 Å². The van der Waals surface area contributed by atoms with Crippen LogP contribution in [0.5, 0.6) is 5.75 Å². The molecule has 0 saturated heterocycles. The van der Waals surface area contributed by atoms with Crippen molar-refractivity contribution in [3.05, 3.63) is 65.9 Å². The number of aryl methyl sites for hydroxylation is 1. The van der Waals surface area contributed by atoms with Crippen LogP contribution >= 0.6 is 0 Å². The van der Waals surface area contributed by atoms with E-state index in [0.717, 1.165) is 5.69 Å². The van der Waals surface area contributed by atoms with Crippen LogP contribution in [0, 0.1) is 0 Å².